The molecule has 0 spiro atoms. The summed E-state index contributed by atoms with van der Waals surface area (Å²) in [5.41, 5.74) is 1.61. The molecule has 1 aliphatic rings. The topological polar surface area (TPSA) is 58.6 Å². The SMILES string of the molecule is CCN1C(=O)N[C@@H](c2ccc(Cl)c(Cl)c2)C(C(=O)OC)=C1C. The zero-order chi connectivity index (χ0) is 16.4. The predicted octanol–water partition coefficient (Wildman–Crippen LogP) is 3.53. The molecule has 0 radical (unpaired) electrons. The van der Waals surface area contributed by atoms with Gasteiger partial charge in [-0.25, -0.2) is 9.59 Å². The number of ether oxygens (including phenoxy) is 1. The second kappa shape index (κ2) is 6.58. The first-order chi connectivity index (χ1) is 10.4. The average molecular weight is 343 g/mol. The molecule has 1 N–H and O–H groups in total. The normalized spacial score (nSPS) is 18.3. The number of carbonyl (C=O) groups excluding carboxylic acids is 2. The van der Waals surface area contributed by atoms with E-state index in [9.17, 15) is 9.59 Å². The van der Waals surface area contributed by atoms with Crippen molar-refractivity contribution < 1.29 is 14.3 Å². The first-order valence-corrected chi connectivity index (χ1v) is 7.48. The molecule has 1 atom stereocenters. The number of hydrogen-bond acceptors (Lipinski definition) is 3. The van der Waals surface area contributed by atoms with Crippen LogP contribution in [0.25, 0.3) is 0 Å². The minimum atomic E-state index is -0.627. The Morgan fingerprint density at radius 1 is 1.36 bits per heavy atom. The van der Waals surface area contributed by atoms with Crippen molar-refractivity contribution in [3.8, 4) is 0 Å². The molecule has 0 aliphatic carbocycles. The first-order valence-electron chi connectivity index (χ1n) is 6.72. The van der Waals surface area contributed by atoms with Gasteiger partial charge in [-0.3, -0.25) is 4.90 Å². The van der Waals surface area contributed by atoms with Crippen LogP contribution in [0.15, 0.2) is 29.5 Å². The Bertz CT molecular complexity index is 658. The van der Waals surface area contributed by atoms with Gasteiger partial charge < -0.3 is 10.1 Å². The lowest BCUT2D eigenvalue weighted by Crippen LogP contribution is -2.47. The lowest BCUT2D eigenvalue weighted by molar-refractivity contribution is -0.136. The molecule has 22 heavy (non-hydrogen) atoms. The number of hydrogen-bond donors (Lipinski definition) is 1. The van der Waals surface area contributed by atoms with Crippen LogP contribution in [0, 0.1) is 0 Å². The van der Waals surface area contributed by atoms with Gasteiger partial charge in [-0.15, -0.1) is 0 Å². The lowest BCUT2D eigenvalue weighted by Gasteiger charge is -2.34. The van der Waals surface area contributed by atoms with Gasteiger partial charge in [0.1, 0.15) is 0 Å². The van der Waals surface area contributed by atoms with Crippen LogP contribution in [-0.4, -0.2) is 30.6 Å². The molecule has 1 aromatic rings. The Hall–Kier alpha value is -1.72. The molecule has 7 heteroatoms. The second-order valence-corrected chi connectivity index (χ2v) is 5.61. The Labute approximate surface area is 138 Å². The van der Waals surface area contributed by atoms with Crippen LogP contribution in [0.3, 0.4) is 0 Å². The Balaban J connectivity index is 2.57. The Morgan fingerprint density at radius 2 is 2.05 bits per heavy atom. The van der Waals surface area contributed by atoms with E-state index in [1.54, 1.807) is 25.1 Å². The standard InChI is InChI=1S/C15H16Cl2N2O3/c1-4-19-8(2)12(14(20)22-3)13(18-15(19)21)9-5-6-10(16)11(17)7-9/h5-7,13H,4H2,1-3H3,(H,18,21)/t13-/m0/s1. The minimum absolute atomic E-state index is 0.274. The van der Waals surface area contributed by atoms with Crippen molar-refractivity contribution in [1.29, 1.82) is 0 Å². The number of nitrogens with zero attached hydrogens (tertiary/aromatic N) is 1. The van der Waals surface area contributed by atoms with Gasteiger partial charge >= 0.3 is 12.0 Å². The Kier molecular flexibility index (Phi) is 4.98. The molecule has 0 saturated carbocycles. The van der Waals surface area contributed by atoms with Crippen molar-refractivity contribution in [2.24, 2.45) is 0 Å². The van der Waals surface area contributed by atoms with Crippen molar-refractivity contribution in [2.45, 2.75) is 19.9 Å². The third-order valence-electron chi connectivity index (χ3n) is 3.59. The molecular formula is C15H16Cl2N2O3. The summed E-state index contributed by atoms with van der Waals surface area (Å²) >= 11 is 12.0. The highest BCUT2D eigenvalue weighted by Crippen LogP contribution is 2.33. The van der Waals surface area contributed by atoms with Crippen molar-refractivity contribution >= 4 is 35.2 Å². The average Bonchev–Trinajstić information content (AvgIpc) is 2.49. The summed E-state index contributed by atoms with van der Waals surface area (Å²) in [4.78, 5) is 25.8. The molecule has 0 bridgehead atoms. The van der Waals surface area contributed by atoms with Crippen molar-refractivity contribution in [1.82, 2.24) is 10.2 Å². The van der Waals surface area contributed by atoms with E-state index < -0.39 is 12.0 Å². The van der Waals surface area contributed by atoms with Crippen LogP contribution < -0.4 is 5.32 Å². The number of halogens is 2. The van der Waals surface area contributed by atoms with Crippen molar-refractivity contribution in [3.05, 3.63) is 45.1 Å². The highest BCUT2D eigenvalue weighted by atomic mass is 35.5. The molecule has 0 unspecified atom stereocenters. The number of urea groups is 1. The second-order valence-electron chi connectivity index (χ2n) is 4.79. The molecule has 0 saturated heterocycles. The van der Waals surface area contributed by atoms with Crippen LogP contribution in [-0.2, 0) is 9.53 Å². The molecular weight excluding hydrogens is 327 g/mol. The van der Waals surface area contributed by atoms with Crippen molar-refractivity contribution in [2.75, 3.05) is 13.7 Å². The fourth-order valence-electron chi connectivity index (χ4n) is 2.48. The van der Waals surface area contributed by atoms with E-state index >= 15 is 0 Å². The maximum atomic E-state index is 12.2. The number of allylic oxidation sites excluding steroid dienone is 1. The number of esters is 1. The highest BCUT2D eigenvalue weighted by Gasteiger charge is 2.35. The Morgan fingerprint density at radius 3 is 2.59 bits per heavy atom. The van der Waals surface area contributed by atoms with E-state index in [4.69, 9.17) is 27.9 Å². The van der Waals surface area contributed by atoms with E-state index in [1.807, 2.05) is 6.92 Å². The molecule has 1 aromatic carbocycles. The summed E-state index contributed by atoms with van der Waals surface area (Å²) in [6.07, 6.45) is 0. The summed E-state index contributed by atoms with van der Waals surface area (Å²) in [6, 6.07) is 4.08. The third-order valence-corrected chi connectivity index (χ3v) is 4.33. The van der Waals surface area contributed by atoms with Crippen molar-refractivity contribution in [3.63, 3.8) is 0 Å². The smallest absolute Gasteiger partial charge is 0.337 e. The quantitative estimate of drug-likeness (QED) is 0.855. The van der Waals surface area contributed by atoms with E-state index in [1.165, 1.54) is 12.0 Å². The molecule has 1 heterocycles. The number of benzene rings is 1. The zero-order valence-corrected chi connectivity index (χ0v) is 14.0. The monoisotopic (exact) mass is 342 g/mol. The fourth-order valence-corrected chi connectivity index (χ4v) is 2.78. The van der Waals surface area contributed by atoms with Gasteiger partial charge in [-0.1, -0.05) is 29.3 Å². The number of amides is 2. The van der Waals surface area contributed by atoms with Crippen LogP contribution in [0.5, 0.6) is 0 Å². The van der Waals surface area contributed by atoms with Gasteiger partial charge in [0, 0.05) is 12.2 Å². The summed E-state index contributed by atoms with van der Waals surface area (Å²) in [5.74, 6) is -0.493. The van der Waals surface area contributed by atoms with Gasteiger partial charge in [-0.05, 0) is 31.5 Å². The van der Waals surface area contributed by atoms with E-state index in [0.717, 1.165) is 0 Å². The van der Waals surface area contributed by atoms with Gasteiger partial charge in [0.2, 0.25) is 0 Å². The highest BCUT2D eigenvalue weighted by molar-refractivity contribution is 6.42. The predicted molar refractivity (Wildman–Crippen MR) is 84.8 cm³/mol. The molecule has 2 rings (SSSR count). The molecule has 5 nitrogen and oxygen atoms in total. The van der Waals surface area contributed by atoms with E-state index in [2.05, 4.69) is 5.32 Å². The van der Waals surface area contributed by atoms with Crippen LogP contribution in [0.1, 0.15) is 25.5 Å². The van der Waals surface area contributed by atoms with Gasteiger partial charge in [0.15, 0.2) is 0 Å². The third kappa shape index (κ3) is 2.91. The lowest BCUT2D eigenvalue weighted by atomic mass is 9.95. The largest absolute Gasteiger partial charge is 0.466 e. The van der Waals surface area contributed by atoms with E-state index in [-0.39, 0.29) is 6.03 Å². The molecule has 118 valence electrons. The molecule has 1 aliphatic heterocycles. The molecule has 0 aromatic heterocycles. The maximum absolute atomic E-state index is 12.2. The summed E-state index contributed by atoms with van der Waals surface area (Å²) in [5, 5.41) is 3.56. The van der Waals surface area contributed by atoms with Gasteiger partial charge in [0.25, 0.3) is 0 Å². The first kappa shape index (κ1) is 16.6. The van der Waals surface area contributed by atoms with Crippen LogP contribution >= 0.6 is 23.2 Å². The minimum Gasteiger partial charge on any atom is -0.466 e. The summed E-state index contributed by atoms with van der Waals surface area (Å²) in [7, 11) is 1.31. The zero-order valence-electron chi connectivity index (χ0n) is 12.4. The summed E-state index contributed by atoms with van der Waals surface area (Å²) in [6.45, 7) is 4.00. The number of nitrogens with one attached hydrogen (secondary N) is 1. The summed E-state index contributed by atoms with van der Waals surface area (Å²) < 4.78 is 4.86. The fraction of sp³-hybridized carbons (Fsp3) is 0.333. The number of methoxy groups -OCH3 is 1. The molecule has 2 amide bonds. The van der Waals surface area contributed by atoms with Crippen LogP contribution in [0.4, 0.5) is 4.79 Å². The maximum Gasteiger partial charge on any atom is 0.337 e. The van der Waals surface area contributed by atoms with E-state index in [0.29, 0.717) is 33.4 Å². The van der Waals surface area contributed by atoms with Gasteiger partial charge in [0.05, 0.1) is 28.8 Å². The van der Waals surface area contributed by atoms with Crippen LogP contribution in [0.2, 0.25) is 10.0 Å². The number of rotatable bonds is 3. The number of carbonyl (C=O) groups is 2. The van der Waals surface area contributed by atoms with Gasteiger partial charge in [-0.2, -0.15) is 0 Å². The molecule has 0 fully saturated rings.